The Hall–Kier alpha value is -2.19. The van der Waals surface area contributed by atoms with Crippen LogP contribution in [0.5, 0.6) is 0 Å². The fraction of sp³-hybridized carbons (Fsp3) is 0.350. The quantitative estimate of drug-likeness (QED) is 0.412. The van der Waals surface area contributed by atoms with Crippen LogP contribution < -0.4 is 4.90 Å². The van der Waals surface area contributed by atoms with Crippen molar-refractivity contribution in [3.05, 3.63) is 51.8 Å². The molecule has 0 fully saturated rings. The number of nitrogens with zero attached hydrogens (tertiary/aromatic N) is 4. The lowest BCUT2D eigenvalue weighted by molar-refractivity contribution is 0.0518. The van der Waals surface area contributed by atoms with Gasteiger partial charge in [0.15, 0.2) is 10.8 Å². The third kappa shape index (κ3) is 3.84. The summed E-state index contributed by atoms with van der Waals surface area (Å²) in [4.78, 5) is 19.2. The van der Waals surface area contributed by atoms with E-state index in [1.165, 1.54) is 0 Å². The summed E-state index contributed by atoms with van der Waals surface area (Å²) in [6.45, 7) is 6.51. The number of aryl methyl sites for hydroxylation is 1. The molecule has 1 aromatic carbocycles. The highest BCUT2D eigenvalue weighted by atomic mass is 79.9. The molecule has 0 N–H and O–H groups in total. The minimum atomic E-state index is -0.391. The van der Waals surface area contributed by atoms with Gasteiger partial charge in [0, 0.05) is 28.8 Å². The highest BCUT2D eigenvalue weighted by Crippen LogP contribution is 2.34. The summed E-state index contributed by atoms with van der Waals surface area (Å²) in [6.07, 6.45) is 5.46. The summed E-state index contributed by atoms with van der Waals surface area (Å²) in [5, 5.41) is 5.48. The molecule has 0 amide bonds. The molecule has 0 spiro atoms. The van der Waals surface area contributed by atoms with Gasteiger partial charge in [-0.25, -0.2) is 9.78 Å². The predicted molar refractivity (Wildman–Crippen MR) is 115 cm³/mol. The summed E-state index contributed by atoms with van der Waals surface area (Å²) in [6, 6.07) is 5.95. The molecule has 0 unspecified atom stereocenters. The molecule has 1 aliphatic rings. The van der Waals surface area contributed by atoms with Crippen molar-refractivity contribution in [2.45, 2.75) is 26.8 Å². The molecular weight excluding hydrogens is 440 g/mol. The molecule has 0 radical (unpaired) electrons. The van der Waals surface area contributed by atoms with Crippen LogP contribution in [0.25, 0.3) is 10.2 Å². The van der Waals surface area contributed by atoms with Gasteiger partial charge < -0.3 is 9.64 Å². The maximum absolute atomic E-state index is 12.0. The van der Waals surface area contributed by atoms with Crippen LogP contribution in [0.3, 0.4) is 0 Å². The zero-order valence-electron chi connectivity index (χ0n) is 15.8. The van der Waals surface area contributed by atoms with Crippen LogP contribution in [0.1, 0.15) is 35.1 Å². The molecule has 0 saturated heterocycles. The normalized spacial score (nSPS) is 14.0. The zero-order chi connectivity index (χ0) is 19.7. The van der Waals surface area contributed by atoms with Crippen LogP contribution in [0, 0.1) is 6.92 Å². The van der Waals surface area contributed by atoms with Gasteiger partial charge in [-0.1, -0.05) is 39.4 Å². The van der Waals surface area contributed by atoms with E-state index in [1.54, 1.807) is 24.3 Å². The number of hydrogen-bond donors (Lipinski definition) is 0. The Morgan fingerprint density at radius 2 is 2.18 bits per heavy atom. The number of ether oxygens (including phenoxy) is 1. The van der Waals surface area contributed by atoms with E-state index < -0.39 is 5.97 Å². The van der Waals surface area contributed by atoms with Gasteiger partial charge in [0.25, 0.3) is 0 Å². The SMILES string of the molecule is CCOC(=O)c1cc(C)n(Cc2cc(Br)cc3sc(N4CC=CCC4)nc23)n1. The number of hydrogen-bond acceptors (Lipinski definition) is 6. The number of carbonyl (C=O) groups is 1. The summed E-state index contributed by atoms with van der Waals surface area (Å²) in [5.41, 5.74) is 3.31. The number of halogens is 1. The van der Waals surface area contributed by atoms with E-state index in [0.29, 0.717) is 18.8 Å². The van der Waals surface area contributed by atoms with Gasteiger partial charge in [-0.3, -0.25) is 4.68 Å². The van der Waals surface area contributed by atoms with E-state index in [9.17, 15) is 4.79 Å². The summed E-state index contributed by atoms with van der Waals surface area (Å²) in [5.74, 6) is -0.391. The average molecular weight is 461 g/mol. The van der Waals surface area contributed by atoms with Gasteiger partial charge in [0.2, 0.25) is 0 Å². The Morgan fingerprint density at radius 1 is 1.32 bits per heavy atom. The maximum Gasteiger partial charge on any atom is 0.358 e. The average Bonchev–Trinajstić information content (AvgIpc) is 3.27. The van der Waals surface area contributed by atoms with Crippen molar-refractivity contribution in [1.29, 1.82) is 0 Å². The Kier molecular flexibility index (Phi) is 5.50. The third-order valence-electron chi connectivity index (χ3n) is 4.64. The lowest BCUT2D eigenvalue weighted by Gasteiger charge is -2.22. The molecule has 0 bridgehead atoms. The molecule has 3 aromatic rings. The minimum Gasteiger partial charge on any atom is -0.461 e. The monoisotopic (exact) mass is 460 g/mol. The van der Waals surface area contributed by atoms with Crippen LogP contribution in [-0.2, 0) is 11.3 Å². The number of thiazole rings is 1. The largest absolute Gasteiger partial charge is 0.461 e. The molecular formula is C20H21BrN4O2S. The van der Waals surface area contributed by atoms with E-state index in [1.807, 2.05) is 11.6 Å². The van der Waals surface area contributed by atoms with Crippen molar-refractivity contribution in [3.63, 3.8) is 0 Å². The highest BCUT2D eigenvalue weighted by Gasteiger charge is 2.18. The molecule has 2 aromatic heterocycles. The Bertz CT molecular complexity index is 1060. The van der Waals surface area contributed by atoms with Crippen LogP contribution in [0.15, 0.2) is 34.8 Å². The molecule has 0 aliphatic carbocycles. The summed E-state index contributed by atoms with van der Waals surface area (Å²) >= 11 is 5.33. The Morgan fingerprint density at radius 3 is 2.93 bits per heavy atom. The number of carbonyl (C=O) groups excluding carboxylic acids is 1. The van der Waals surface area contributed by atoms with Crippen LogP contribution in [0.2, 0.25) is 0 Å². The van der Waals surface area contributed by atoms with E-state index in [0.717, 1.165) is 50.6 Å². The number of fused-ring (bicyclic) bond motifs is 1. The molecule has 3 heterocycles. The number of benzene rings is 1. The molecule has 0 atom stereocenters. The second-order valence-electron chi connectivity index (χ2n) is 6.66. The predicted octanol–water partition coefficient (Wildman–Crippen LogP) is 4.56. The third-order valence-corrected chi connectivity index (χ3v) is 6.16. The molecule has 0 saturated carbocycles. The number of rotatable bonds is 5. The molecule has 4 rings (SSSR count). The van der Waals surface area contributed by atoms with Gasteiger partial charge in [-0.05, 0) is 38.5 Å². The highest BCUT2D eigenvalue weighted by molar-refractivity contribution is 9.10. The minimum absolute atomic E-state index is 0.338. The van der Waals surface area contributed by atoms with Gasteiger partial charge in [-0.15, -0.1) is 0 Å². The number of esters is 1. The second-order valence-corrected chi connectivity index (χ2v) is 8.59. The maximum atomic E-state index is 12.0. The van der Waals surface area contributed by atoms with E-state index in [2.05, 4.69) is 50.2 Å². The lowest BCUT2D eigenvalue weighted by Crippen LogP contribution is -2.26. The van der Waals surface area contributed by atoms with Crippen molar-refractivity contribution >= 4 is 48.6 Å². The van der Waals surface area contributed by atoms with Crippen molar-refractivity contribution in [3.8, 4) is 0 Å². The first-order valence-corrected chi connectivity index (χ1v) is 10.9. The Labute approximate surface area is 175 Å². The first kappa shape index (κ1) is 19.1. The zero-order valence-corrected chi connectivity index (χ0v) is 18.2. The first-order chi connectivity index (χ1) is 13.5. The summed E-state index contributed by atoms with van der Waals surface area (Å²) < 4.78 is 9.05. The fourth-order valence-electron chi connectivity index (χ4n) is 3.26. The number of aromatic nitrogens is 3. The van der Waals surface area contributed by atoms with Crippen molar-refractivity contribution in [1.82, 2.24) is 14.8 Å². The Balaban J connectivity index is 1.68. The van der Waals surface area contributed by atoms with Crippen LogP contribution in [-0.4, -0.2) is 40.4 Å². The molecule has 6 nitrogen and oxygen atoms in total. The van der Waals surface area contributed by atoms with Gasteiger partial charge in [0.05, 0.1) is 23.4 Å². The molecule has 1 aliphatic heterocycles. The van der Waals surface area contributed by atoms with E-state index in [-0.39, 0.29) is 0 Å². The van der Waals surface area contributed by atoms with Crippen LogP contribution in [0.4, 0.5) is 5.13 Å². The standard InChI is InChI=1S/C20H21BrN4O2S/c1-3-27-19(26)16-9-13(2)25(23-16)12-14-10-15(21)11-17-18(14)22-20(28-17)24-7-5-4-6-8-24/h4-5,9-11H,3,6-8,12H2,1-2H3. The lowest BCUT2D eigenvalue weighted by atomic mass is 10.2. The van der Waals surface area contributed by atoms with Crippen molar-refractivity contribution in [2.75, 3.05) is 24.6 Å². The topological polar surface area (TPSA) is 60.2 Å². The van der Waals surface area contributed by atoms with Gasteiger partial charge in [-0.2, -0.15) is 5.10 Å². The fourth-order valence-corrected chi connectivity index (χ4v) is 5.00. The first-order valence-electron chi connectivity index (χ1n) is 9.25. The summed E-state index contributed by atoms with van der Waals surface area (Å²) in [7, 11) is 0. The van der Waals surface area contributed by atoms with Crippen LogP contribution >= 0.6 is 27.3 Å². The molecule has 146 valence electrons. The number of anilines is 1. The molecule has 8 heteroatoms. The smallest absolute Gasteiger partial charge is 0.358 e. The van der Waals surface area contributed by atoms with Crippen molar-refractivity contribution in [2.24, 2.45) is 0 Å². The van der Waals surface area contributed by atoms with E-state index in [4.69, 9.17) is 9.72 Å². The van der Waals surface area contributed by atoms with Gasteiger partial charge in [0.1, 0.15) is 0 Å². The molecule has 28 heavy (non-hydrogen) atoms. The van der Waals surface area contributed by atoms with Gasteiger partial charge >= 0.3 is 5.97 Å². The van der Waals surface area contributed by atoms with E-state index >= 15 is 0 Å². The second kappa shape index (κ2) is 8.05. The van der Waals surface area contributed by atoms with Crippen molar-refractivity contribution < 1.29 is 9.53 Å².